The fourth-order valence-electron chi connectivity index (χ4n) is 2.44. The van der Waals surface area contributed by atoms with E-state index in [9.17, 15) is 0 Å². The van der Waals surface area contributed by atoms with Crippen LogP contribution in [0.5, 0.6) is 0 Å². The van der Waals surface area contributed by atoms with Gasteiger partial charge in [-0.25, -0.2) is 4.89 Å². The topological polar surface area (TPSA) is 29.5 Å². The molecule has 0 aromatic rings. The monoisotopic (exact) mass is 172 g/mol. The smallest absolute Gasteiger partial charge is 0.108 e. The fraction of sp³-hybridized carbons (Fsp3) is 1.00. The molecule has 1 fully saturated rings. The Morgan fingerprint density at radius 2 is 2.08 bits per heavy atom. The van der Waals surface area contributed by atoms with Crippen molar-refractivity contribution >= 4 is 0 Å². The van der Waals surface area contributed by atoms with Crippen molar-refractivity contribution < 1.29 is 10.1 Å². The predicted octanol–water partition coefficient (Wildman–Crippen LogP) is 3.08. The zero-order valence-electron chi connectivity index (χ0n) is 8.34. The summed E-state index contributed by atoms with van der Waals surface area (Å²) in [6.07, 6.45) is 4.64. The Labute approximate surface area is 74.9 Å². The van der Waals surface area contributed by atoms with Gasteiger partial charge in [0, 0.05) is 0 Å². The van der Waals surface area contributed by atoms with E-state index in [0.29, 0.717) is 11.8 Å². The van der Waals surface area contributed by atoms with Crippen LogP contribution in [0.4, 0.5) is 0 Å². The van der Waals surface area contributed by atoms with Crippen molar-refractivity contribution in [3.8, 4) is 0 Å². The van der Waals surface area contributed by atoms with Gasteiger partial charge >= 0.3 is 0 Å². The fourth-order valence-corrected chi connectivity index (χ4v) is 2.44. The van der Waals surface area contributed by atoms with Crippen LogP contribution in [0.1, 0.15) is 46.5 Å². The van der Waals surface area contributed by atoms with Crippen molar-refractivity contribution in [3.05, 3.63) is 0 Å². The normalized spacial score (nSPS) is 37.2. The molecular weight excluding hydrogens is 152 g/mol. The molecule has 0 spiro atoms. The third-order valence-corrected chi connectivity index (χ3v) is 3.44. The van der Waals surface area contributed by atoms with Gasteiger partial charge in [-0.15, -0.1) is 0 Å². The first-order valence-electron chi connectivity index (χ1n) is 4.96. The largest absolute Gasteiger partial charge is 0.251 e. The van der Waals surface area contributed by atoms with Gasteiger partial charge in [0.25, 0.3) is 0 Å². The molecule has 1 rings (SSSR count). The Kier molecular flexibility index (Phi) is 3.13. The van der Waals surface area contributed by atoms with Gasteiger partial charge in [-0.1, -0.05) is 33.6 Å². The quantitative estimate of drug-likeness (QED) is 0.512. The number of rotatable bonds is 2. The summed E-state index contributed by atoms with van der Waals surface area (Å²) in [5.41, 5.74) is -0.266. The van der Waals surface area contributed by atoms with Crippen LogP contribution in [0.15, 0.2) is 0 Å². The van der Waals surface area contributed by atoms with Crippen LogP contribution in [0.3, 0.4) is 0 Å². The molecule has 2 unspecified atom stereocenters. The Hall–Kier alpha value is -0.0800. The second-order valence-corrected chi connectivity index (χ2v) is 4.35. The highest BCUT2D eigenvalue weighted by Crippen LogP contribution is 2.41. The molecule has 1 saturated carbocycles. The Morgan fingerprint density at radius 1 is 1.42 bits per heavy atom. The molecule has 2 atom stereocenters. The van der Waals surface area contributed by atoms with Gasteiger partial charge in [0.15, 0.2) is 0 Å². The van der Waals surface area contributed by atoms with Crippen molar-refractivity contribution in [3.63, 3.8) is 0 Å². The van der Waals surface area contributed by atoms with E-state index < -0.39 is 0 Å². The van der Waals surface area contributed by atoms with Crippen LogP contribution in [0.2, 0.25) is 0 Å². The Balaban J connectivity index is 2.73. The maximum absolute atomic E-state index is 8.98. The zero-order valence-corrected chi connectivity index (χ0v) is 8.34. The van der Waals surface area contributed by atoms with E-state index in [-0.39, 0.29) is 5.60 Å². The highest BCUT2D eigenvalue weighted by atomic mass is 17.1. The zero-order chi connectivity index (χ0) is 9.19. The van der Waals surface area contributed by atoms with Crippen LogP contribution >= 0.6 is 0 Å². The van der Waals surface area contributed by atoms with Crippen molar-refractivity contribution in [1.29, 1.82) is 0 Å². The lowest BCUT2D eigenvalue weighted by Crippen LogP contribution is -2.46. The molecule has 0 amide bonds. The van der Waals surface area contributed by atoms with Gasteiger partial charge in [0.05, 0.1) is 0 Å². The summed E-state index contributed by atoms with van der Waals surface area (Å²) >= 11 is 0. The highest BCUT2D eigenvalue weighted by molar-refractivity contribution is 4.91. The maximum Gasteiger partial charge on any atom is 0.108 e. The van der Waals surface area contributed by atoms with E-state index >= 15 is 0 Å². The third-order valence-electron chi connectivity index (χ3n) is 3.44. The van der Waals surface area contributed by atoms with Crippen LogP contribution in [-0.2, 0) is 4.89 Å². The van der Waals surface area contributed by atoms with E-state index in [4.69, 9.17) is 10.1 Å². The molecule has 0 bridgehead atoms. The molecule has 12 heavy (non-hydrogen) atoms. The van der Waals surface area contributed by atoms with Crippen molar-refractivity contribution in [2.45, 2.75) is 52.1 Å². The average Bonchev–Trinajstić information content (AvgIpc) is 2.05. The third kappa shape index (κ3) is 1.50. The Morgan fingerprint density at radius 3 is 2.42 bits per heavy atom. The molecule has 1 aliphatic carbocycles. The lowest BCUT2D eigenvalue weighted by atomic mass is 9.70. The molecule has 1 N–H and O–H groups in total. The molecule has 0 saturated heterocycles. The minimum Gasteiger partial charge on any atom is -0.251 e. The molecular formula is C10H20O2. The summed E-state index contributed by atoms with van der Waals surface area (Å²) in [5.74, 6) is 0.883. The van der Waals surface area contributed by atoms with Crippen molar-refractivity contribution in [2.24, 2.45) is 11.8 Å². The van der Waals surface area contributed by atoms with Crippen LogP contribution in [0, 0.1) is 11.8 Å². The lowest BCUT2D eigenvalue weighted by Gasteiger charge is -2.42. The average molecular weight is 172 g/mol. The van der Waals surface area contributed by atoms with Gasteiger partial charge in [-0.05, 0) is 24.7 Å². The first-order chi connectivity index (χ1) is 5.63. The first kappa shape index (κ1) is 10.0. The molecule has 0 heterocycles. The van der Waals surface area contributed by atoms with E-state index in [1.54, 1.807) is 0 Å². The summed E-state index contributed by atoms with van der Waals surface area (Å²) in [6.45, 7) is 6.42. The van der Waals surface area contributed by atoms with Crippen molar-refractivity contribution in [1.82, 2.24) is 0 Å². The SMILES string of the molecule is CC(C)C1(OO)CCCCC1C. The van der Waals surface area contributed by atoms with Gasteiger partial charge in [0.1, 0.15) is 5.60 Å². The van der Waals surface area contributed by atoms with Gasteiger partial charge in [-0.3, -0.25) is 5.26 Å². The molecule has 0 radical (unpaired) electrons. The van der Waals surface area contributed by atoms with Gasteiger partial charge in [0.2, 0.25) is 0 Å². The standard InChI is InChI=1S/C10H20O2/c1-8(2)10(12-11)7-5-4-6-9(10)3/h8-9,11H,4-7H2,1-3H3. The van der Waals surface area contributed by atoms with Crippen LogP contribution < -0.4 is 0 Å². The van der Waals surface area contributed by atoms with E-state index in [0.717, 1.165) is 6.42 Å². The molecule has 0 aliphatic heterocycles. The predicted molar refractivity (Wildman–Crippen MR) is 48.9 cm³/mol. The maximum atomic E-state index is 8.98. The summed E-state index contributed by atoms with van der Waals surface area (Å²) in [7, 11) is 0. The van der Waals surface area contributed by atoms with Gasteiger partial charge < -0.3 is 0 Å². The molecule has 2 heteroatoms. The summed E-state index contributed by atoms with van der Waals surface area (Å²) < 4.78 is 0. The molecule has 0 aromatic carbocycles. The Bertz CT molecular complexity index is 145. The number of hydrogen-bond donors (Lipinski definition) is 1. The lowest BCUT2D eigenvalue weighted by molar-refractivity contribution is -0.355. The summed E-state index contributed by atoms with van der Waals surface area (Å²) in [6, 6.07) is 0. The van der Waals surface area contributed by atoms with E-state index in [1.165, 1.54) is 19.3 Å². The second kappa shape index (κ2) is 3.75. The van der Waals surface area contributed by atoms with Gasteiger partial charge in [-0.2, -0.15) is 0 Å². The minimum atomic E-state index is -0.266. The summed E-state index contributed by atoms with van der Waals surface area (Å²) in [4.78, 5) is 4.75. The minimum absolute atomic E-state index is 0.266. The molecule has 72 valence electrons. The van der Waals surface area contributed by atoms with E-state index in [1.807, 2.05) is 0 Å². The summed E-state index contributed by atoms with van der Waals surface area (Å²) in [5, 5.41) is 8.98. The van der Waals surface area contributed by atoms with Crippen LogP contribution in [-0.4, -0.2) is 10.9 Å². The van der Waals surface area contributed by atoms with Crippen LogP contribution in [0.25, 0.3) is 0 Å². The molecule has 0 aromatic heterocycles. The highest BCUT2D eigenvalue weighted by Gasteiger charge is 2.42. The molecule has 1 aliphatic rings. The van der Waals surface area contributed by atoms with E-state index in [2.05, 4.69) is 20.8 Å². The second-order valence-electron chi connectivity index (χ2n) is 4.35. The molecule has 2 nitrogen and oxygen atoms in total. The van der Waals surface area contributed by atoms with Crippen molar-refractivity contribution in [2.75, 3.05) is 0 Å². The number of hydrogen-bond acceptors (Lipinski definition) is 2. The first-order valence-corrected chi connectivity index (χ1v) is 4.96.